The van der Waals surface area contributed by atoms with Gasteiger partial charge < -0.3 is 15.0 Å². The molecule has 6 nitrogen and oxygen atoms in total. The number of hydrogen-bond acceptors (Lipinski definition) is 4. The molecule has 2 amide bonds. The zero-order chi connectivity index (χ0) is 19.4. The van der Waals surface area contributed by atoms with E-state index in [2.05, 4.69) is 12.2 Å². The van der Waals surface area contributed by atoms with E-state index in [1.165, 1.54) is 6.42 Å². The van der Waals surface area contributed by atoms with Crippen LogP contribution in [0.1, 0.15) is 44.6 Å². The van der Waals surface area contributed by atoms with Crippen LogP contribution in [0.2, 0.25) is 0 Å². The molecule has 0 unspecified atom stereocenters. The summed E-state index contributed by atoms with van der Waals surface area (Å²) in [5.41, 5.74) is 1.89. The molecule has 1 N–H and O–H groups in total. The van der Waals surface area contributed by atoms with Gasteiger partial charge in [-0.25, -0.2) is 0 Å². The van der Waals surface area contributed by atoms with Gasteiger partial charge in [0.15, 0.2) is 6.61 Å². The molecule has 2 aliphatic rings. The number of carbonyl (C=O) groups excluding carboxylic acids is 3. The largest absolute Gasteiger partial charge is 0.455 e. The van der Waals surface area contributed by atoms with Gasteiger partial charge >= 0.3 is 5.97 Å². The Labute approximate surface area is 160 Å². The highest BCUT2D eigenvalue weighted by molar-refractivity contribution is 5.99. The summed E-state index contributed by atoms with van der Waals surface area (Å²) in [5.74, 6) is -0.915. The molecule has 2 fully saturated rings. The molecule has 1 saturated heterocycles. The number of benzene rings is 1. The monoisotopic (exact) mass is 372 g/mol. The maximum Gasteiger partial charge on any atom is 0.311 e. The number of anilines is 1. The summed E-state index contributed by atoms with van der Waals surface area (Å²) in [6.07, 6.45) is 4.53. The van der Waals surface area contributed by atoms with Gasteiger partial charge in [0.2, 0.25) is 5.91 Å². The van der Waals surface area contributed by atoms with Crippen LogP contribution in [0.15, 0.2) is 24.3 Å². The average Bonchev–Trinajstić information content (AvgIpc) is 3.04. The van der Waals surface area contributed by atoms with E-state index in [1.807, 2.05) is 31.2 Å². The number of amides is 2. The molecule has 1 aromatic rings. The maximum atomic E-state index is 12.3. The molecule has 1 aliphatic heterocycles. The van der Waals surface area contributed by atoms with E-state index in [0.717, 1.165) is 30.5 Å². The van der Waals surface area contributed by atoms with Crippen LogP contribution in [0.4, 0.5) is 5.69 Å². The highest BCUT2D eigenvalue weighted by Crippen LogP contribution is 2.26. The SMILES string of the molecule is Cc1ccc(N2C[C@@H](C(=O)OCC(=O)N[C@@H]3CCCC[C@@H]3C)CC2=O)cc1. The van der Waals surface area contributed by atoms with Gasteiger partial charge in [0, 0.05) is 24.7 Å². The molecule has 1 heterocycles. The summed E-state index contributed by atoms with van der Waals surface area (Å²) >= 11 is 0. The number of rotatable bonds is 5. The lowest BCUT2D eigenvalue weighted by molar-refractivity contribution is -0.152. The minimum Gasteiger partial charge on any atom is -0.455 e. The van der Waals surface area contributed by atoms with Crippen molar-refractivity contribution >= 4 is 23.5 Å². The van der Waals surface area contributed by atoms with Crippen molar-refractivity contribution in [2.24, 2.45) is 11.8 Å². The van der Waals surface area contributed by atoms with Gasteiger partial charge in [-0.15, -0.1) is 0 Å². The van der Waals surface area contributed by atoms with Gasteiger partial charge in [-0.1, -0.05) is 37.5 Å². The van der Waals surface area contributed by atoms with E-state index in [4.69, 9.17) is 4.74 Å². The molecular formula is C21H28N2O4. The smallest absolute Gasteiger partial charge is 0.311 e. The van der Waals surface area contributed by atoms with Crippen molar-refractivity contribution in [2.45, 2.75) is 52.0 Å². The number of aryl methyl sites for hydroxylation is 1. The van der Waals surface area contributed by atoms with Gasteiger partial charge in [-0.05, 0) is 37.8 Å². The Morgan fingerprint density at radius 1 is 1.19 bits per heavy atom. The van der Waals surface area contributed by atoms with Crippen LogP contribution in [0, 0.1) is 18.8 Å². The third kappa shape index (κ3) is 4.87. The molecule has 3 atom stereocenters. The second-order valence-electron chi connectivity index (χ2n) is 7.78. The molecule has 6 heteroatoms. The van der Waals surface area contributed by atoms with E-state index >= 15 is 0 Å². The van der Waals surface area contributed by atoms with Crippen LogP contribution in [-0.4, -0.2) is 37.0 Å². The number of esters is 1. The first-order valence-corrected chi connectivity index (χ1v) is 9.77. The molecule has 0 bridgehead atoms. The minimum absolute atomic E-state index is 0.0960. The van der Waals surface area contributed by atoms with Crippen LogP contribution < -0.4 is 10.2 Å². The molecule has 0 aromatic heterocycles. The molecule has 146 valence electrons. The summed E-state index contributed by atoms with van der Waals surface area (Å²) in [6.45, 7) is 4.13. The van der Waals surface area contributed by atoms with Gasteiger partial charge in [0.05, 0.1) is 5.92 Å². The lowest BCUT2D eigenvalue weighted by Crippen LogP contribution is -2.43. The lowest BCUT2D eigenvalue weighted by Gasteiger charge is -2.29. The van der Waals surface area contributed by atoms with Gasteiger partial charge in [0.1, 0.15) is 0 Å². The Morgan fingerprint density at radius 2 is 1.89 bits per heavy atom. The fourth-order valence-corrected chi connectivity index (χ4v) is 3.87. The normalized spacial score (nSPS) is 25.3. The number of nitrogens with zero attached hydrogens (tertiary/aromatic N) is 1. The Morgan fingerprint density at radius 3 is 2.59 bits per heavy atom. The third-order valence-corrected chi connectivity index (χ3v) is 5.61. The maximum absolute atomic E-state index is 12.3. The molecule has 0 spiro atoms. The number of nitrogens with one attached hydrogen (secondary N) is 1. The van der Waals surface area contributed by atoms with Crippen molar-refractivity contribution < 1.29 is 19.1 Å². The quantitative estimate of drug-likeness (QED) is 0.806. The van der Waals surface area contributed by atoms with Crippen molar-refractivity contribution in [3.05, 3.63) is 29.8 Å². The van der Waals surface area contributed by atoms with E-state index in [-0.39, 0.29) is 30.9 Å². The first-order valence-electron chi connectivity index (χ1n) is 9.77. The summed E-state index contributed by atoms with van der Waals surface area (Å²) in [7, 11) is 0. The third-order valence-electron chi connectivity index (χ3n) is 5.61. The molecule has 27 heavy (non-hydrogen) atoms. The van der Waals surface area contributed by atoms with E-state index in [0.29, 0.717) is 12.5 Å². The van der Waals surface area contributed by atoms with Gasteiger partial charge in [-0.3, -0.25) is 14.4 Å². The Bertz CT molecular complexity index is 701. The highest BCUT2D eigenvalue weighted by Gasteiger charge is 2.36. The summed E-state index contributed by atoms with van der Waals surface area (Å²) in [6, 6.07) is 7.78. The number of ether oxygens (including phenoxy) is 1. The second kappa shape index (κ2) is 8.55. The minimum atomic E-state index is -0.528. The van der Waals surface area contributed by atoms with Crippen LogP contribution in [-0.2, 0) is 19.1 Å². The molecule has 1 saturated carbocycles. The summed E-state index contributed by atoms with van der Waals surface area (Å²) in [5, 5.41) is 2.97. The molecule has 1 aromatic carbocycles. The predicted molar refractivity (Wildman–Crippen MR) is 102 cm³/mol. The van der Waals surface area contributed by atoms with Crippen molar-refractivity contribution in [1.29, 1.82) is 0 Å². The van der Waals surface area contributed by atoms with Crippen LogP contribution in [0.5, 0.6) is 0 Å². The average molecular weight is 372 g/mol. The molecule has 0 radical (unpaired) electrons. The Balaban J connectivity index is 1.47. The fourth-order valence-electron chi connectivity index (χ4n) is 3.87. The van der Waals surface area contributed by atoms with Gasteiger partial charge in [-0.2, -0.15) is 0 Å². The lowest BCUT2D eigenvalue weighted by atomic mass is 9.86. The zero-order valence-electron chi connectivity index (χ0n) is 16.1. The van der Waals surface area contributed by atoms with Crippen LogP contribution in [0.3, 0.4) is 0 Å². The van der Waals surface area contributed by atoms with Crippen molar-refractivity contribution in [2.75, 3.05) is 18.1 Å². The van der Waals surface area contributed by atoms with Crippen LogP contribution in [0.25, 0.3) is 0 Å². The van der Waals surface area contributed by atoms with Crippen molar-refractivity contribution in [3.8, 4) is 0 Å². The first-order chi connectivity index (χ1) is 12.9. The summed E-state index contributed by atoms with van der Waals surface area (Å²) in [4.78, 5) is 38.3. The molecule has 3 rings (SSSR count). The molecule has 1 aliphatic carbocycles. The summed E-state index contributed by atoms with van der Waals surface area (Å²) < 4.78 is 5.19. The predicted octanol–water partition coefficient (Wildman–Crippen LogP) is 2.59. The number of carbonyl (C=O) groups is 3. The number of hydrogen-bond donors (Lipinski definition) is 1. The van der Waals surface area contributed by atoms with Crippen LogP contribution >= 0.6 is 0 Å². The van der Waals surface area contributed by atoms with Crippen molar-refractivity contribution in [1.82, 2.24) is 5.32 Å². The Hall–Kier alpha value is -2.37. The van der Waals surface area contributed by atoms with E-state index < -0.39 is 11.9 Å². The highest BCUT2D eigenvalue weighted by atomic mass is 16.5. The standard InChI is InChI=1S/C21H28N2O4/c1-14-7-9-17(10-8-14)23-12-16(11-20(23)25)21(26)27-13-19(24)22-18-6-4-3-5-15(18)2/h7-10,15-16,18H,3-6,11-13H2,1-2H3,(H,22,24)/t15-,16-,18+/m0/s1. The Kier molecular flexibility index (Phi) is 6.14. The van der Waals surface area contributed by atoms with E-state index in [1.54, 1.807) is 4.90 Å². The first kappa shape index (κ1) is 19.4. The van der Waals surface area contributed by atoms with E-state index in [9.17, 15) is 14.4 Å². The van der Waals surface area contributed by atoms with Crippen molar-refractivity contribution in [3.63, 3.8) is 0 Å². The zero-order valence-corrected chi connectivity index (χ0v) is 16.1. The van der Waals surface area contributed by atoms with Gasteiger partial charge in [0.25, 0.3) is 5.91 Å². The fraction of sp³-hybridized carbons (Fsp3) is 0.571. The molecular weight excluding hydrogens is 344 g/mol. The second-order valence-corrected chi connectivity index (χ2v) is 7.78. The topological polar surface area (TPSA) is 75.7 Å².